The second-order valence-corrected chi connectivity index (χ2v) is 4.50. The van der Waals surface area contributed by atoms with Gasteiger partial charge in [0.25, 0.3) is 0 Å². The quantitative estimate of drug-likeness (QED) is 0.866. The number of nitrogens with zero attached hydrogens (tertiary/aromatic N) is 2. The maximum Gasteiger partial charge on any atom is 0.245 e. The molecule has 1 N–H and O–H groups in total. The standard InChI is InChI=1S/C13H16ClN3O/c1-2-3-4-12-16-13(18-17-12)9-15-11-7-5-10(14)6-8-11/h5-8,15H,2-4,9H2,1H3. The maximum absolute atomic E-state index is 5.81. The summed E-state index contributed by atoms with van der Waals surface area (Å²) in [6.45, 7) is 2.67. The first-order valence-electron chi connectivity index (χ1n) is 6.09. The van der Waals surface area contributed by atoms with E-state index in [1.165, 1.54) is 0 Å². The van der Waals surface area contributed by atoms with Gasteiger partial charge in [0.15, 0.2) is 5.82 Å². The fourth-order valence-corrected chi connectivity index (χ4v) is 1.67. The minimum Gasteiger partial charge on any atom is -0.376 e. The highest BCUT2D eigenvalue weighted by Crippen LogP contribution is 2.14. The average Bonchev–Trinajstić information content (AvgIpc) is 2.84. The predicted octanol–water partition coefficient (Wildman–Crippen LogP) is 3.68. The first-order chi connectivity index (χ1) is 8.78. The number of benzene rings is 1. The van der Waals surface area contributed by atoms with Crippen LogP contribution in [0.3, 0.4) is 0 Å². The van der Waals surface area contributed by atoms with Crippen LogP contribution in [-0.2, 0) is 13.0 Å². The Morgan fingerprint density at radius 1 is 1.28 bits per heavy atom. The Kier molecular flexibility index (Phi) is 4.59. The van der Waals surface area contributed by atoms with Crippen molar-refractivity contribution in [1.29, 1.82) is 0 Å². The zero-order valence-corrected chi connectivity index (χ0v) is 11.1. The van der Waals surface area contributed by atoms with Gasteiger partial charge in [0.05, 0.1) is 6.54 Å². The van der Waals surface area contributed by atoms with Gasteiger partial charge in [-0.3, -0.25) is 0 Å². The number of hydrogen-bond donors (Lipinski definition) is 1. The minimum absolute atomic E-state index is 0.529. The lowest BCUT2D eigenvalue weighted by Crippen LogP contribution is -1.99. The molecule has 5 heteroatoms. The summed E-state index contributed by atoms with van der Waals surface area (Å²) in [6.07, 6.45) is 3.09. The molecule has 1 aromatic carbocycles. The van der Waals surface area contributed by atoms with E-state index in [2.05, 4.69) is 22.4 Å². The summed E-state index contributed by atoms with van der Waals surface area (Å²) in [5.74, 6) is 1.39. The average molecular weight is 266 g/mol. The molecule has 0 fully saturated rings. The molecule has 2 aromatic rings. The van der Waals surface area contributed by atoms with Gasteiger partial charge in [-0.15, -0.1) is 0 Å². The van der Waals surface area contributed by atoms with Crippen LogP contribution in [-0.4, -0.2) is 10.1 Å². The zero-order chi connectivity index (χ0) is 12.8. The molecule has 4 nitrogen and oxygen atoms in total. The molecule has 0 saturated carbocycles. The van der Waals surface area contributed by atoms with Crippen molar-refractivity contribution < 1.29 is 4.52 Å². The van der Waals surface area contributed by atoms with Gasteiger partial charge in [0.1, 0.15) is 0 Å². The van der Waals surface area contributed by atoms with Gasteiger partial charge < -0.3 is 9.84 Å². The van der Waals surface area contributed by atoms with Gasteiger partial charge >= 0.3 is 0 Å². The van der Waals surface area contributed by atoms with Gasteiger partial charge in [0.2, 0.25) is 5.89 Å². The van der Waals surface area contributed by atoms with E-state index in [0.717, 1.165) is 35.8 Å². The molecule has 2 rings (SSSR count). The molecular formula is C13H16ClN3O. The molecule has 0 saturated heterocycles. The third-order valence-electron chi connectivity index (χ3n) is 2.55. The Morgan fingerprint density at radius 2 is 2.06 bits per heavy atom. The number of hydrogen-bond acceptors (Lipinski definition) is 4. The van der Waals surface area contributed by atoms with Crippen LogP contribution in [0.4, 0.5) is 5.69 Å². The Morgan fingerprint density at radius 3 is 2.78 bits per heavy atom. The molecule has 1 aromatic heterocycles. The van der Waals surface area contributed by atoms with Crippen molar-refractivity contribution >= 4 is 17.3 Å². The molecule has 0 aliphatic carbocycles. The van der Waals surface area contributed by atoms with Crippen molar-refractivity contribution in [3.63, 3.8) is 0 Å². The van der Waals surface area contributed by atoms with Crippen LogP contribution >= 0.6 is 11.6 Å². The Balaban J connectivity index is 1.86. The van der Waals surface area contributed by atoms with E-state index < -0.39 is 0 Å². The highest BCUT2D eigenvalue weighted by Gasteiger charge is 2.05. The first-order valence-corrected chi connectivity index (χ1v) is 6.46. The fraction of sp³-hybridized carbons (Fsp3) is 0.385. The second-order valence-electron chi connectivity index (χ2n) is 4.07. The van der Waals surface area contributed by atoms with Gasteiger partial charge in [-0.05, 0) is 30.7 Å². The molecule has 0 atom stereocenters. The monoisotopic (exact) mass is 265 g/mol. The molecule has 0 amide bonds. The van der Waals surface area contributed by atoms with Crippen molar-refractivity contribution in [1.82, 2.24) is 10.1 Å². The van der Waals surface area contributed by atoms with E-state index in [-0.39, 0.29) is 0 Å². The SMILES string of the molecule is CCCCc1noc(CNc2ccc(Cl)cc2)n1. The molecule has 0 radical (unpaired) electrons. The Hall–Kier alpha value is -1.55. The van der Waals surface area contributed by atoms with Gasteiger partial charge in [-0.2, -0.15) is 4.98 Å². The van der Waals surface area contributed by atoms with E-state index in [1.807, 2.05) is 24.3 Å². The summed E-state index contributed by atoms with van der Waals surface area (Å²) in [6, 6.07) is 7.50. The summed E-state index contributed by atoms with van der Waals surface area (Å²) in [5, 5.41) is 7.86. The van der Waals surface area contributed by atoms with Gasteiger partial charge in [-0.25, -0.2) is 0 Å². The van der Waals surface area contributed by atoms with Crippen LogP contribution in [0.25, 0.3) is 0 Å². The van der Waals surface area contributed by atoms with Crippen LogP contribution in [0.2, 0.25) is 5.02 Å². The number of unbranched alkanes of at least 4 members (excludes halogenated alkanes) is 1. The molecule has 0 spiro atoms. The number of nitrogens with one attached hydrogen (secondary N) is 1. The van der Waals surface area contributed by atoms with Crippen LogP contribution in [0.15, 0.2) is 28.8 Å². The maximum atomic E-state index is 5.81. The molecule has 0 aliphatic heterocycles. The Bertz CT molecular complexity index is 481. The van der Waals surface area contributed by atoms with Crippen LogP contribution < -0.4 is 5.32 Å². The fourth-order valence-electron chi connectivity index (χ4n) is 1.54. The van der Waals surface area contributed by atoms with Crippen molar-refractivity contribution in [2.45, 2.75) is 32.7 Å². The lowest BCUT2D eigenvalue weighted by molar-refractivity contribution is 0.377. The van der Waals surface area contributed by atoms with E-state index in [4.69, 9.17) is 16.1 Å². The van der Waals surface area contributed by atoms with E-state index >= 15 is 0 Å². The summed E-state index contributed by atoms with van der Waals surface area (Å²) in [7, 11) is 0. The van der Waals surface area contributed by atoms with E-state index in [9.17, 15) is 0 Å². The minimum atomic E-state index is 0.529. The predicted molar refractivity (Wildman–Crippen MR) is 71.7 cm³/mol. The van der Waals surface area contributed by atoms with E-state index in [1.54, 1.807) is 0 Å². The molecule has 0 aliphatic rings. The number of anilines is 1. The third kappa shape index (κ3) is 3.74. The normalized spacial score (nSPS) is 10.6. The van der Waals surface area contributed by atoms with Crippen molar-refractivity contribution in [2.75, 3.05) is 5.32 Å². The molecule has 1 heterocycles. The summed E-state index contributed by atoms with van der Waals surface area (Å²) in [4.78, 5) is 4.31. The second kappa shape index (κ2) is 6.40. The number of halogens is 1. The van der Waals surface area contributed by atoms with Crippen LogP contribution in [0, 0.1) is 0 Å². The van der Waals surface area contributed by atoms with Gasteiger partial charge in [-0.1, -0.05) is 30.1 Å². The first kappa shape index (κ1) is 12.9. The van der Waals surface area contributed by atoms with Crippen LogP contribution in [0.1, 0.15) is 31.5 Å². The summed E-state index contributed by atoms with van der Waals surface area (Å²) in [5.41, 5.74) is 0.979. The van der Waals surface area contributed by atoms with Crippen LogP contribution in [0.5, 0.6) is 0 Å². The van der Waals surface area contributed by atoms with Crippen molar-refractivity contribution in [3.8, 4) is 0 Å². The topological polar surface area (TPSA) is 51.0 Å². The zero-order valence-electron chi connectivity index (χ0n) is 10.3. The molecule has 0 unspecified atom stereocenters. The molecular weight excluding hydrogens is 250 g/mol. The van der Waals surface area contributed by atoms with E-state index in [0.29, 0.717) is 12.4 Å². The lowest BCUT2D eigenvalue weighted by Gasteiger charge is -2.02. The van der Waals surface area contributed by atoms with Gasteiger partial charge in [0, 0.05) is 17.1 Å². The van der Waals surface area contributed by atoms with Crippen molar-refractivity contribution in [2.24, 2.45) is 0 Å². The number of aromatic nitrogens is 2. The molecule has 0 bridgehead atoms. The lowest BCUT2D eigenvalue weighted by atomic mass is 10.2. The third-order valence-corrected chi connectivity index (χ3v) is 2.80. The van der Waals surface area contributed by atoms with Crippen molar-refractivity contribution in [3.05, 3.63) is 41.0 Å². The highest BCUT2D eigenvalue weighted by molar-refractivity contribution is 6.30. The largest absolute Gasteiger partial charge is 0.376 e. The summed E-state index contributed by atoms with van der Waals surface area (Å²) >= 11 is 5.81. The Labute approximate surface area is 111 Å². The molecule has 96 valence electrons. The summed E-state index contributed by atoms with van der Waals surface area (Å²) < 4.78 is 5.16. The number of aryl methyl sites for hydroxylation is 1. The smallest absolute Gasteiger partial charge is 0.245 e. The highest BCUT2D eigenvalue weighted by atomic mass is 35.5. The number of rotatable bonds is 6. The molecule has 18 heavy (non-hydrogen) atoms.